The number of benzene rings is 9. The first-order chi connectivity index (χ1) is 28.3. The zero-order valence-corrected chi connectivity index (χ0v) is 31.2. The summed E-state index contributed by atoms with van der Waals surface area (Å²) in [6.45, 7) is 0. The summed E-state index contributed by atoms with van der Waals surface area (Å²) in [6.07, 6.45) is 0. The van der Waals surface area contributed by atoms with Gasteiger partial charge in [0.1, 0.15) is 11.5 Å². The van der Waals surface area contributed by atoms with Crippen molar-refractivity contribution in [2.75, 3.05) is 4.90 Å². The predicted molar refractivity (Wildman–Crippen MR) is 235 cm³/mol. The number of rotatable bonds is 6. The van der Waals surface area contributed by atoms with Gasteiger partial charge in [0.25, 0.3) is 0 Å². The maximum Gasteiger partial charge on any atom is 0.132 e. The van der Waals surface area contributed by atoms with Crippen molar-refractivity contribution in [1.82, 2.24) is 0 Å². The lowest BCUT2D eigenvalue weighted by Gasteiger charge is -2.39. The Labute approximate surface area is 333 Å². The van der Waals surface area contributed by atoms with Crippen molar-refractivity contribution in [2.45, 2.75) is 5.41 Å². The lowest BCUT2D eigenvalue weighted by Crippen LogP contribution is -2.32. The first-order valence-electron chi connectivity index (χ1n) is 19.6. The quantitative estimate of drug-likeness (QED) is 0.169. The van der Waals surface area contributed by atoms with E-state index in [1.54, 1.807) is 0 Å². The second kappa shape index (κ2) is 13.4. The van der Waals surface area contributed by atoms with Gasteiger partial charge in [-0.1, -0.05) is 182 Å². The molecule has 0 amide bonds. The normalized spacial score (nSPS) is 12.8. The first-order valence-corrected chi connectivity index (χ1v) is 19.6. The van der Waals surface area contributed by atoms with Crippen LogP contribution in [0.2, 0.25) is 0 Å². The van der Waals surface area contributed by atoms with Crippen LogP contribution in [0.5, 0.6) is 11.5 Å². The zero-order chi connectivity index (χ0) is 37.8. The average molecular weight is 728 g/mol. The van der Waals surface area contributed by atoms with E-state index in [2.05, 4.69) is 229 Å². The van der Waals surface area contributed by atoms with Crippen LogP contribution in [0.15, 0.2) is 224 Å². The largest absolute Gasteiger partial charge is 0.457 e. The first kappa shape index (κ1) is 33.0. The standard InChI is InChI=1S/C55H37NO/c1-4-18-38(19-5-1)41-32-35-52(45(36-41)40-22-8-3-9-23-40)56(51-29-15-11-24-43(51)39-20-6-2-7-21-39)42-33-34-48-46(37-42)44-25-10-12-26-47(44)55(48)49-27-13-16-30-53(49)57-54-31-17-14-28-50(54)55/h1-37H. The highest BCUT2D eigenvalue weighted by atomic mass is 16.5. The van der Waals surface area contributed by atoms with E-state index in [0.717, 1.165) is 56.4 Å². The second-order valence-electron chi connectivity index (χ2n) is 14.8. The van der Waals surface area contributed by atoms with E-state index < -0.39 is 5.41 Å². The zero-order valence-electron chi connectivity index (χ0n) is 31.2. The molecular weight excluding hydrogens is 691 g/mol. The van der Waals surface area contributed by atoms with E-state index in [1.807, 2.05) is 0 Å². The van der Waals surface area contributed by atoms with Gasteiger partial charge in [0.2, 0.25) is 0 Å². The van der Waals surface area contributed by atoms with Crippen molar-refractivity contribution >= 4 is 17.1 Å². The predicted octanol–water partition coefficient (Wildman–Crippen LogP) is 14.6. The summed E-state index contributed by atoms with van der Waals surface area (Å²) in [5, 5.41) is 0. The maximum absolute atomic E-state index is 6.62. The fourth-order valence-corrected chi connectivity index (χ4v) is 9.31. The van der Waals surface area contributed by atoms with Gasteiger partial charge in [0, 0.05) is 27.9 Å². The smallest absolute Gasteiger partial charge is 0.132 e. The average Bonchev–Trinajstić information content (AvgIpc) is 3.57. The Balaban J connectivity index is 1.20. The molecule has 2 aliphatic rings. The van der Waals surface area contributed by atoms with Gasteiger partial charge in [0.15, 0.2) is 0 Å². The van der Waals surface area contributed by atoms with Crippen LogP contribution in [0.25, 0.3) is 44.5 Å². The van der Waals surface area contributed by atoms with Gasteiger partial charge in [-0.3, -0.25) is 0 Å². The molecule has 11 rings (SSSR count). The lowest BCUT2D eigenvalue weighted by atomic mass is 9.66. The van der Waals surface area contributed by atoms with E-state index >= 15 is 0 Å². The fourth-order valence-electron chi connectivity index (χ4n) is 9.31. The number of anilines is 3. The number of nitrogens with zero attached hydrogens (tertiary/aromatic N) is 1. The molecule has 9 aromatic rings. The Morgan fingerprint density at radius 1 is 0.298 bits per heavy atom. The van der Waals surface area contributed by atoms with E-state index in [-0.39, 0.29) is 0 Å². The molecule has 1 spiro atoms. The van der Waals surface area contributed by atoms with Gasteiger partial charge < -0.3 is 9.64 Å². The highest BCUT2D eigenvalue weighted by Crippen LogP contribution is 2.62. The minimum absolute atomic E-state index is 0.533. The summed E-state index contributed by atoms with van der Waals surface area (Å²) >= 11 is 0. The molecule has 2 nitrogen and oxygen atoms in total. The topological polar surface area (TPSA) is 12.5 Å². The fraction of sp³-hybridized carbons (Fsp3) is 0.0182. The minimum Gasteiger partial charge on any atom is -0.457 e. The van der Waals surface area contributed by atoms with Gasteiger partial charge >= 0.3 is 0 Å². The third-order valence-corrected chi connectivity index (χ3v) is 11.7. The van der Waals surface area contributed by atoms with Gasteiger partial charge in [0.05, 0.1) is 16.8 Å². The Morgan fingerprint density at radius 3 is 1.46 bits per heavy atom. The van der Waals surface area contributed by atoms with Crippen LogP contribution in [0.4, 0.5) is 17.1 Å². The summed E-state index contributed by atoms with van der Waals surface area (Å²) in [6, 6.07) is 81.1. The number of para-hydroxylation sites is 3. The van der Waals surface area contributed by atoms with Crippen molar-refractivity contribution in [1.29, 1.82) is 0 Å². The van der Waals surface area contributed by atoms with Crippen molar-refractivity contribution < 1.29 is 4.74 Å². The molecule has 268 valence electrons. The minimum atomic E-state index is -0.533. The van der Waals surface area contributed by atoms with Crippen LogP contribution in [-0.4, -0.2) is 0 Å². The molecule has 0 atom stereocenters. The molecule has 0 fully saturated rings. The van der Waals surface area contributed by atoms with Crippen LogP contribution < -0.4 is 9.64 Å². The molecule has 1 aliphatic carbocycles. The van der Waals surface area contributed by atoms with Crippen LogP contribution in [0.3, 0.4) is 0 Å². The number of fused-ring (bicyclic) bond motifs is 9. The molecule has 2 heteroatoms. The molecule has 1 heterocycles. The number of ether oxygens (including phenoxy) is 1. The summed E-state index contributed by atoms with van der Waals surface area (Å²) in [5.41, 5.74) is 17.1. The van der Waals surface area contributed by atoms with Crippen molar-refractivity contribution in [3.63, 3.8) is 0 Å². The SMILES string of the molecule is c1ccc(-c2ccc(N(c3ccc4c(c3)-c3ccccc3C43c4ccccc4Oc4ccccc43)c3ccccc3-c3ccccc3)c(-c3ccccc3)c2)cc1. The van der Waals surface area contributed by atoms with Gasteiger partial charge in [-0.2, -0.15) is 0 Å². The van der Waals surface area contributed by atoms with Crippen LogP contribution in [-0.2, 0) is 5.41 Å². The van der Waals surface area contributed by atoms with Gasteiger partial charge in [-0.15, -0.1) is 0 Å². The van der Waals surface area contributed by atoms with Gasteiger partial charge in [-0.05, 0) is 87.0 Å². The Bertz CT molecular complexity index is 2890. The van der Waals surface area contributed by atoms with E-state index in [0.29, 0.717) is 0 Å². The van der Waals surface area contributed by atoms with Crippen molar-refractivity contribution in [3.05, 3.63) is 247 Å². The Kier molecular flexibility index (Phi) is 7.75. The molecule has 0 aromatic heterocycles. The molecular formula is C55H37NO. The lowest BCUT2D eigenvalue weighted by molar-refractivity contribution is 0.436. The Hall–Kier alpha value is -7.42. The van der Waals surface area contributed by atoms with Gasteiger partial charge in [-0.25, -0.2) is 0 Å². The molecule has 1 aliphatic heterocycles. The molecule has 0 N–H and O–H groups in total. The van der Waals surface area contributed by atoms with E-state index in [1.165, 1.54) is 38.9 Å². The monoisotopic (exact) mass is 727 g/mol. The highest BCUT2D eigenvalue weighted by molar-refractivity contribution is 5.97. The summed E-state index contributed by atoms with van der Waals surface area (Å²) in [4.78, 5) is 2.47. The molecule has 9 aromatic carbocycles. The number of hydrogen-bond donors (Lipinski definition) is 0. The molecule has 0 unspecified atom stereocenters. The number of hydrogen-bond acceptors (Lipinski definition) is 2. The molecule has 0 saturated carbocycles. The van der Waals surface area contributed by atoms with E-state index in [9.17, 15) is 0 Å². The van der Waals surface area contributed by atoms with Crippen LogP contribution in [0.1, 0.15) is 22.3 Å². The highest BCUT2D eigenvalue weighted by Gasteiger charge is 2.51. The van der Waals surface area contributed by atoms with Crippen LogP contribution >= 0.6 is 0 Å². The summed E-state index contributed by atoms with van der Waals surface area (Å²) in [7, 11) is 0. The van der Waals surface area contributed by atoms with E-state index in [4.69, 9.17) is 4.74 Å². The molecule has 57 heavy (non-hydrogen) atoms. The summed E-state index contributed by atoms with van der Waals surface area (Å²) < 4.78 is 6.62. The van der Waals surface area contributed by atoms with Crippen LogP contribution in [0, 0.1) is 0 Å². The maximum atomic E-state index is 6.62. The molecule has 0 radical (unpaired) electrons. The molecule has 0 saturated heterocycles. The third-order valence-electron chi connectivity index (χ3n) is 11.7. The van der Waals surface area contributed by atoms with Crippen molar-refractivity contribution in [2.24, 2.45) is 0 Å². The summed E-state index contributed by atoms with van der Waals surface area (Å²) in [5.74, 6) is 1.79. The molecule has 0 bridgehead atoms. The third kappa shape index (κ3) is 5.18. The Morgan fingerprint density at radius 2 is 0.789 bits per heavy atom. The second-order valence-corrected chi connectivity index (χ2v) is 14.8. The van der Waals surface area contributed by atoms with Crippen molar-refractivity contribution in [3.8, 4) is 56.0 Å².